The second kappa shape index (κ2) is 8.06. The number of amides is 1. The molecule has 2 aromatic heterocycles. The minimum absolute atomic E-state index is 0.197. The Morgan fingerprint density at radius 1 is 1.54 bits per heavy atom. The molecule has 0 radical (unpaired) electrons. The quantitative estimate of drug-likeness (QED) is 0.747. The number of aryl methyl sites for hydroxylation is 1. The van der Waals surface area contributed by atoms with Gasteiger partial charge >= 0.3 is 0 Å². The molecule has 6 nitrogen and oxygen atoms in total. The summed E-state index contributed by atoms with van der Waals surface area (Å²) in [7, 11) is 1.58. The average molecular weight is 363 g/mol. The first-order valence-electron chi connectivity index (χ1n) is 7.18. The van der Waals surface area contributed by atoms with E-state index in [1.807, 2.05) is 24.4 Å². The zero-order chi connectivity index (χ0) is 17.7. The number of carbonyl (C=O) groups excluding carboxylic acids is 1. The Labute approximate surface area is 146 Å². The van der Waals surface area contributed by atoms with Gasteiger partial charge in [0.2, 0.25) is 0 Å². The summed E-state index contributed by atoms with van der Waals surface area (Å²) >= 11 is 2.64. The van der Waals surface area contributed by atoms with Crippen molar-refractivity contribution in [3.8, 4) is 6.07 Å². The third kappa shape index (κ3) is 3.82. The standard InChI is InChI=1S/C16H17N3O3S2/c1-10-4-7-23-12(10)8-13-15(21)19(5-3-6-22-2)16(24-13)11(9-17)14(18)20/h4,7-8H,3,5-6H2,1-2H3,(H2,18,20). The lowest BCUT2D eigenvalue weighted by Gasteiger charge is -2.02. The Bertz CT molecular complexity index is 960. The molecule has 0 aliphatic heterocycles. The maximum absolute atomic E-state index is 12.7. The molecule has 2 rings (SSSR count). The zero-order valence-electron chi connectivity index (χ0n) is 13.4. The van der Waals surface area contributed by atoms with Gasteiger partial charge < -0.3 is 10.5 Å². The molecule has 1 amide bonds. The van der Waals surface area contributed by atoms with Crippen LogP contribution in [-0.4, -0.2) is 24.2 Å². The van der Waals surface area contributed by atoms with Gasteiger partial charge in [-0.25, -0.2) is 0 Å². The van der Waals surface area contributed by atoms with E-state index in [4.69, 9.17) is 10.5 Å². The van der Waals surface area contributed by atoms with Crippen LogP contribution in [0.4, 0.5) is 0 Å². The summed E-state index contributed by atoms with van der Waals surface area (Å²) in [6.07, 6.45) is 2.38. The number of nitrogens with zero attached hydrogens (tertiary/aromatic N) is 2. The van der Waals surface area contributed by atoms with Crippen LogP contribution in [0.5, 0.6) is 0 Å². The van der Waals surface area contributed by atoms with Crippen LogP contribution in [0.3, 0.4) is 0 Å². The Hall–Kier alpha value is -2.21. The van der Waals surface area contributed by atoms with Crippen molar-refractivity contribution in [2.75, 3.05) is 13.7 Å². The number of thiophene rings is 1. The molecule has 8 heteroatoms. The SMILES string of the molecule is COCCCn1c(=C(C#N)C(N)=O)sc(=Cc2sccc2C)c1=O. The van der Waals surface area contributed by atoms with Crippen molar-refractivity contribution < 1.29 is 9.53 Å². The van der Waals surface area contributed by atoms with Gasteiger partial charge in [-0.05, 0) is 36.4 Å². The summed E-state index contributed by atoms with van der Waals surface area (Å²) in [5.74, 6) is -0.835. The number of thiazole rings is 1. The zero-order valence-corrected chi connectivity index (χ0v) is 15.0. The van der Waals surface area contributed by atoms with E-state index >= 15 is 0 Å². The Morgan fingerprint density at radius 3 is 2.83 bits per heavy atom. The van der Waals surface area contributed by atoms with Gasteiger partial charge in [-0.3, -0.25) is 14.2 Å². The monoisotopic (exact) mass is 363 g/mol. The summed E-state index contributed by atoms with van der Waals surface area (Å²) < 4.78 is 7.21. The maximum Gasteiger partial charge on any atom is 0.269 e. The van der Waals surface area contributed by atoms with Crippen LogP contribution in [0.2, 0.25) is 0 Å². The van der Waals surface area contributed by atoms with Gasteiger partial charge in [0.25, 0.3) is 11.5 Å². The lowest BCUT2D eigenvalue weighted by Crippen LogP contribution is -2.34. The fraction of sp³-hybridized carbons (Fsp3) is 0.312. The lowest BCUT2D eigenvalue weighted by molar-refractivity contribution is -0.112. The fourth-order valence-corrected chi connectivity index (χ4v) is 4.18. The van der Waals surface area contributed by atoms with E-state index in [1.165, 1.54) is 15.9 Å². The van der Waals surface area contributed by atoms with E-state index in [9.17, 15) is 14.9 Å². The van der Waals surface area contributed by atoms with Crippen molar-refractivity contribution in [3.63, 3.8) is 0 Å². The second-order valence-electron chi connectivity index (χ2n) is 5.04. The number of methoxy groups -OCH3 is 1. The van der Waals surface area contributed by atoms with Gasteiger partial charge in [0.15, 0.2) is 5.57 Å². The van der Waals surface area contributed by atoms with Gasteiger partial charge in [-0.15, -0.1) is 22.7 Å². The van der Waals surface area contributed by atoms with Crippen LogP contribution >= 0.6 is 22.7 Å². The number of primary amides is 1. The number of nitriles is 1. The number of nitrogens with two attached hydrogens (primary N) is 1. The first kappa shape index (κ1) is 18.1. The number of carbonyl (C=O) groups is 1. The van der Waals surface area contributed by atoms with Crippen LogP contribution in [-0.2, 0) is 16.1 Å². The lowest BCUT2D eigenvalue weighted by atomic mass is 10.3. The molecule has 2 aromatic rings. The molecule has 0 saturated carbocycles. The maximum atomic E-state index is 12.7. The molecule has 2 heterocycles. The number of rotatable bonds is 6. The smallest absolute Gasteiger partial charge is 0.269 e. The largest absolute Gasteiger partial charge is 0.385 e. The molecule has 0 atom stereocenters. The van der Waals surface area contributed by atoms with Crippen molar-refractivity contribution in [3.05, 3.63) is 41.4 Å². The minimum atomic E-state index is -0.835. The van der Waals surface area contributed by atoms with Gasteiger partial charge in [0.1, 0.15) is 10.7 Å². The van der Waals surface area contributed by atoms with Crippen LogP contribution in [0, 0.1) is 18.3 Å². The molecule has 126 valence electrons. The highest BCUT2D eigenvalue weighted by Gasteiger charge is 2.13. The van der Waals surface area contributed by atoms with E-state index in [0.29, 0.717) is 28.8 Å². The Kier molecular flexibility index (Phi) is 6.09. The van der Waals surface area contributed by atoms with Crippen LogP contribution in [0.15, 0.2) is 16.2 Å². The first-order chi connectivity index (χ1) is 11.5. The molecule has 0 bridgehead atoms. The topological polar surface area (TPSA) is 98.1 Å². The van der Waals surface area contributed by atoms with Crippen molar-refractivity contribution in [1.29, 1.82) is 5.26 Å². The van der Waals surface area contributed by atoms with Crippen LogP contribution in [0.1, 0.15) is 16.9 Å². The highest BCUT2D eigenvalue weighted by atomic mass is 32.1. The highest BCUT2D eigenvalue weighted by Crippen LogP contribution is 2.15. The number of hydrogen-bond donors (Lipinski definition) is 1. The molecule has 0 saturated heterocycles. The molecule has 0 aromatic carbocycles. The summed E-state index contributed by atoms with van der Waals surface area (Å²) in [6.45, 7) is 2.79. The van der Waals surface area contributed by atoms with Crippen molar-refractivity contribution in [1.82, 2.24) is 4.57 Å². The molecule has 0 spiro atoms. The van der Waals surface area contributed by atoms with Gasteiger partial charge in [-0.1, -0.05) is 0 Å². The minimum Gasteiger partial charge on any atom is -0.385 e. The average Bonchev–Trinajstić information content (AvgIpc) is 3.07. The molecule has 24 heavy (non-hydrogen) atoms. The molecule has 0 aliphatic rings. The van der Waals surface area contributed by atoms with Crippen molar-refractivity contribution >= 4 is 40.2 Å². The molecular formula is C16H17N3O3S2. The molecule has 0 aliphatic carbocycles. The van der Waals surface area contributed by atoms with Crippen LogP contribution in [0.25, 0.3) is 11.6 Å². The molecule has 2 N–H and O–H groups in total. The van der Waals surface area contributed by atoms with Gasteiger partial charge in [0, 0.05) is 25.1 Å². The van der Waals surface area contributed by atoms with E-state index in [-0.39, 0.29) is 11.1 Å². The van der Waals surface area contributed by atoms with E-state index in [2.05, 4.69) is 0 Å². The molecule has 0 fully saturated rings. The summed E-state index contributed by atoms with van der Waals surface area (Å²) in [5.41, 5.74) is 5.93. The van der Waals surface area contributed by atoms with Crippen molar-refractivity contribution in [2.24, 2.45) is 5.73 Å². The van der Waals surface area contributed by atoms with Crippen molar-refractivity contribution in [2.45, 2.75) is 19.9 Å². The molecular weight excluding hydrogens is 346 g/mol. The fourth-order valence-electron chi connectivity index (χ4n) is 2.14. The highest BCUT2D eigenvalue weighted by molar-refractivity contribution is 7.11. The van der Waals surface area contributed by atoms with E-state index < -0.39 is 5.91 Å². The number of aromatic nitrogens is 1. The van der Waals surface area contributed by atoms with Gasteiger partial charge in [-0.2, -0.15) is 5.26 Å². The third-order valence-electron chi connectivity index (χ3n) is 3.37. The van der Waals surface area contributed by atoms with E-state index in [0.717, 1.165) is 21.8 Å². The summed E-state index contributed by atoms with van der Waals surface area (Å²) in [4.78, 5) is 25.2. The van der Waals surface area contributed by atoms with Gasteiger partial charge in [0.05, 0.1) is 4.53 Å². The Morgan fingerprint density at radius 2 is 2.29 bits per heavy atom. The first-order valence-corrected chi connectivity index (χ1v) is 8.87. The summed E-state index contributed by atoms with van der Waals surface area (Å²) in [5, 5.41) is 11.2. The predicted molar refractivity (Wildman–Crippen MR) is 95.2 cm³/mol. The summed E-state index contributed by atoms with van der Waals surface area (Å²) in [6, 6.07) is 3.78. The predicted octanol–water partition coefficient (Wildman–Crippen LogP) is 0.305. The third-order valence-corrected chi connectivity index (χ3v) is 5.47. The Balaban J connectivity index is 2.71. The second-order valence-corrected chi connectivity index (χ2v) is 7.02. The normalized spacial score (nSPS) is 13.0. The van der Waals surface area contributed by atoms with E-state index in [1.54, 1.807) is 13.2 Å². The van der Waals surface area contributed by atoms with Crippen LogP contribution < -0.4 is 20.5 Å². The number of ether oxygens (including phenoxy) is 1. The number of hydrogen-bond acceptors (Lipinski definition) is 6. The molecule has 0 unspecified atom stereocenters.